The van der Waals surface area contributed by atoms with Crippen LogP contribution >= 0.6 is 0 Å². The van der Waals surface area contributed by atoms with E-state index in [4.69, 9.17) is 10.4 Å². The van der Waals surface area contributed by atoms with Gasteiger partial charge in [-0.05, 0) is 34.1 Å². The van der Waals surface area contributed by atoms with Crippen molar-refractivity contribution in [1.82, 2.24) is 15.2 Å². The number of nitrogens with zero attached hydrogens (tertiary/aromatic N) is 4. The Labute approximate surface area is 145 Å². The van der Waals surface area contributed by atoms with Crippen LogP contribution in [0.5, 0.6) is 0 Å². The lowest BCUT2D eigenvalue weighted by molar-refractivity contribution is 0.0998. The summed E-state index contributed by atoms with van der Waals surface area (Å²) < 4.78 is 4.85. The van der Waals surface area contributed by atoms with Crippen LogP contribution in [-0.2, 0) is 6.54 Å². The lowest BCUT2D eigenvalue weighted by Gasteiger charge is -2.36. The summed E-state index contributed by atoms with van der Waals surface area (Å²) in [5.74, 6) is -0.376. The average molecular weight is 337 g/mol. The molecular weight excluding hydrogens is 318 g/mol. The van der Waals surface area contributed by atoms with Crippen molar-refractivity contribution in [1.29, 1.82) is 0 Å². The number of anilines is 1. The molecule has 0 spiro atoms. The van der Waals surface area contributed by atoms with Crippen molar-refractivity contribution >= 4 is 22.6 Å². The molecule has 1 saturated heterocycles. The van der Waals surface area contributed by atoms with Gasteiger partial charge in [0.1, 0.15) is 5.52 Å². The van der Waals surface area contributed by atoms with Crippen molar-refractivity contribution < 1.29 is 9.42 Å². The molecule has 0 saturated carbocycles. The molecule has 0 aliphatic carbocycles. The van der Waals surface area contributed by atoms with E-state index in [-0.39, 0.29) is 5.91 Å². The summed E-state index contributed by atoms with van der Waals surface area (Å²) in [5, 5.41) is 7.92. The maximum absolute atomic E-state index is 11.6. The molecular formula is C18H19N5O2. The van der Waals surface area contributed by atoms with Crippen molar-refractivity contribution in [2.45, 2.75) is 6.54 Å². The molecule has 4 rings (SSSR count). The Morgan fingerprint density at radius 3 is 2.64 bits per heavy atom. The second-order valence-electron chi connectivity index (χ2n) is 6.19. The predicted molar refractivity (Wildman–Crippen MR) is 94.3 cm³/mol. The summed E-state index contributed by atoms with van der Waals surface area (Å²) in [6.45, 7) is 4.28. The molecule has 128 valence electrons. The fraction of sp³-hybridized carbons (Fsp3) is 0.278. The van der Waals surface area contributed by atoms with E-state index in [9.17, 15) is 4.79 Å². The van der Waals surface area contributed by atoms with E-state index in [2.05, 4.69) is 20.1 Å². The molecule has 1 aliphatic heterocycles. The first-order valence-corrected chi connectivity index (χ1v) is 8.28. The second-order valence-corrected chi connectivity index (χ2v) is 6.19. The first-order chi connectivity index (χ1) is 12.2. The Hall–Kier alpha value is -2.93. The van der Waals surface area contributed by atoms with Crippen LogP contribution in [0.4, 0.5) is 5.69 Å². The standard InChI is InChI=1S/C18H19N5O2/c19-18(24)14-5-2-1-4-13(14)12-22-8-10-23(11-9-22)16-7-3-6-15-17(16)21-25-20-15/h1-7H,8-12H2,(H2,19,24). The summed E-state index contributed by atoms with van der Waals surface area (Å²) in [5.41, 5.74) is 9.68. The summed E-state index contributed by atoms with van der Waals surface area (Å²) in [7, 11) is 0. The van der Waals surface area contributed by atoms with Crippen molar-refractivity contribution in [3.8, 4) is 0 Å². The third kappa shape index (κ3) is 3.06. The van der Waals surface area contributed by atoms with Crippen LogP contribution in [0.3, 0.4) is 0 Å². The molecule has 7 heteroatoms. The molecule has 0 atom stereocenters. The average Bonchev–Trinajstić information content (AvgIpc) is 3.11. The van der Waals surface area contributed by atoms with Crippen LogP contribution in [0.1, 0.15) is 15.9 Å². The molecule has 25 heavy (non-hydrogen) atoms. The van der Waals surface area contributed by atoms with Crippen molar-refractivity contribution in [2.24, 2.45) is 5.73 Å². The SMILES string of the molecule is NC(=O)c1ccccc1CN1CCN(c2cccc3nonc23)CC1. The van der Waals surface area contributed by atoms with Gasteiger partial charge in [-0.3, -0.25) is 9.69 Å². The van der Waals surface area contributed by atoms with Crippen LogP contribution in [-0.4, -0.2) is 47.3 Å². The lowest BCUT2D eigenvalue weighted by Crippen LogP contribution is -2.46. The predicted octanol–water partition coefficient (Wildman–Crippen LogP) is 1.64. The highest BCUT2D eigenvalue weighted by molar-refractivity contribution is 5.94. The Kier molecular flexibility index (Phi) is 4.07. The van der Waals surface area contributed by atoms with Gasteiger partial charge in [-0.15, -0.1) is 0 Å². The van der Waals surface area contributed by atoms with Gasteiger partial charge in [-0.25, -0.2) is 4.63 Å². The molecule has 1 amide bonds. The van der Waals surface area contributed by atoms with E-state index in [0.29, 0.717) is 5.56 Å². The number of benzene rings is 2. The first kappa shape index (κ1) is 15.6. The minimum absolute atomic E-state index is 0.376. The minimum atomic E-state index is -0.376. The second kappa shape index (κ2) is 6.52. The molecule has 0 bridgehead atoms. The third-order valence-electron chi connectivity index (χ3n) is 4.65. The largest absolute Gasteiger partial charge is 0.367 e. The van der Waals surface area contributed by atoms with Crippen LogP contribution in [0.15, 0.2) is 47.1 Å². The number of carbonyl (C=O) groups excluding carboxylic acids is 1. The highest BCUT2D eigenvalue weighted by atomic mass is 16.6. The zero-order chi connectivity index (χ0) is 17.2. The van der Waals surface area contributed by atoms with Gasteiger partial charge >= 0.3 is 0 Å². The van der Waals surface area contributed by atoms with Gasteiger partial charge in [0, 0.05) is 38.3 Å². The highest BCUT2D eigenvalue weighted by Crippen LogP contribution is 2.25. The maximum Gasteiger partial charge on any atom is 0.249 e. The number of amides is 1. The zero-order valence-electron chi connectivity index (χ0n) is 13.8. The number of fused-ring (bicyclic) bond motifs is 1. The zero-order valence-corrected chi connectivity index (χ0v) is 13.8. The molecule has 0 radical (unpaired) electrons. The number of primary amides is 1. The van der Waals surface area contributed by atoms with Crippen molar-refractivity contribution in [3.05, 3.63) is 53.6 Å². The number of piperazine rings is 1. The fourth-order valence-corrected chi connectivity index (χ4v) is 3.33. The topological polar surface area (TPSA) is 88.5 Å². The Balaban J connectivity index is 1.46. The van der Waals surface area contributed by atoms with Crippen molar-refractivity contribution in [3.63, 3.8) is 0 Å². The molecule has 3 aromatic rings. The smallest absolute Gasteiger partial charge is 0.249 e. The molecule has 2 aromatic carbocycles. The summed E-state index contributed by atoms with van der Waals surface area (Å²) in [6.07, 6.45) is 0. The monoisotopic (exact) mass is 337 g/mol. The first-order valence-electron chi connectivity index (χ1n) is 8.28. The van der Waals surface area contributed by atoms with Crippen molar-refractivity contribution in [2.75, 3.05) is 31.1 Å². The van der Waals surface area contributed by atoms with Gasteiger partial charge < -0.3 is 10.6 Å². The number of carbonyl (C=O) groups is 1. The molecule has 7 nitrogen and oxygen atoms in total. The number of nitrogens with two attached hydrogens (primary N) is 1. The summed E-state index contributed by atoms with van der Waals surface area (Å²) >= 11 is 0. The van der Waals surface area contributed by atoms with E-state index in [0.717, 1.165) is 55.0 Å². The molecule has 1 aromatic heterocycles. The third-order valence-corrected chi connectivity index (χ3v) is 4.65. The summed E-state index contributed by atoms with van der Waals surface area (Å²) in [6, 6.07) is 13.4. The van der Waals surface area contributed by atoms with Gasteiger partial charge in [-0.2, -0.15) is 0 Å². The fourth-order valence-electron chi connectivity index (χ4n) is 3.33. The molecule has 0 unspecified atom stereocenters. The maximum atomic E-state index is 11.6. The Morgan fingerprint density at radius 2 is 1.84 bits per heavy atom. The van der Waals surface area contributed by atoms with Gasteiger partial charge in [0.15, 0.2) is 5.52 Å². The number of rotatable bonds is 4. The highest BCUT2D eigenvalue weighted by Gasteiger charge is 2.21. The minimum Gasteiger partial charge on any atom is -0.367 e. The molecule has 1 fully saturated rings. The molecule has 1 aliphatic rings. The lowest BCUT2D eigenvalue weighted by atomic mass is 10.1. The summed E-state index contributed by atoms with van der Waals surface area (Å²) in [4.78, 5) is 16.2. The number of hydrogen-bond acceptors (Lipinski definition) is 6. The number of aromatic nitrogens is 2. The van der Waals surface area contributed by atoms with Crippen LogP contribution in [0.25, 0.3) is 11.0 Å². The quantitative estimate of drug-likeness (QED) is 0.779. The van der Waals surface area contributed by atoms with E-state index < -0.39 is 0 Å². The van der Waals surface area contributed by atoms with Crippen LogP contribution in [0.2, 0.25) is 0 Å². The van der Waals surface area contributed by atoms with Gasteiger partial charge in [-0.1, -0.05) is 24.3 Å². The van der Waals surface area contributed by atoms with E-state index in [1.54, 1.807) is 6.07 Å². The van der Waals surface area contributed by atoms with E-state index in [1.165, 1.54) is 0 Å². The Bertz CT molecular complexity index is 899. The molecule has 2 N–H and O–H groups in total. The van der Waals surface area contributed by atoms with Crippen LogP contribution in [0, 0.1) is 0 Å². The normalized spacial score (nSPS) is 15.6. The van der Waals surface area contributed by atoms with E-state index >= 15 is 0 Å². The van der Waals surface area contributed by atoms with Crippen LogP contribution < -0.4 is 10.6 Å². The molecule has 2 heterocycles. The number of hydrogen-bond donors (Lipinski definition) is 1. The van der Waals surface area contributed by atoms with Gasteiger partial charge in [0.2, 0.25) is 5.91 Å². The van der Waals surface area contributed by atoms with E-state index in [1.807, 2.05) is 36.4 Å². The van der Waals surface area contributed by atoms with Gasteiger partial charge in [0.25, 0.3) is 0 Å². The Morgan fingerprint density at radius 1 is 1.04 bits per heavy atom. The van der Waals surface area contributed by atoms with Gasteiger partial charge in [0.05, 0.1) is 5.69 Å².